The Morgan fingerprint density at radius 2 is 2.00 bits per heavy atom. The van der Waals surface area contributed by atoms with Crippen LogP contribution in [0.3, 0.4) is 0 Å². The fourth-order valence-corrected chi connectivity index (χ4v) is 2.72. The Morgan fingerprint density at radius 1 is 1.38 bits per heavy atom. The Balaban J connectivity index is 2.30. The first kappa shape index (κ1) is 13.9. The van der Waals surface area contributed by atoms with Gasteiger partial charge in [0, 0.05) is 6.61 Å². The molecule has 1 aliphatic rings. The first-order valence-corrected chi connectivity index (χ1v) is 9.13. The summed E-state index contributed by atoms with van der Waals surface area (Å²) in [6.45, 7) is 12.1. The molecule has 0 saturated carbocycles. The van der Waals surface area contributed by atoms with Gasteiger partial charge in [-0.3, -0.25) is 0 Å². The molecule has 0 saturated heterocycles. The van der Waals surface area contributed by atoms with Crippen LogP contribution in [0.2, 0.25) is 18.1 Å². The van der Waals surface area contributed by atoms with E-state index >= 15 is 0 Å². The molecule has 0 aromatic carbocycles. The highest BCUT2D eigenvalue weighted by molar-refractivity contribution is 6.74. The number of hydrogen-bond donors (Lipinski definition) is 1. The molecule has 0 aromatic heterocycles. The zero-order chi connectivity index (χ0) is 12.4. The average molecular weight is 242 g/mol. The van der Waals surface area contributed by atoms with Crippen molar-refractivity contribution >= 4 is 8.32 Å². The van der Waals surface area contributed by atoms with Crippen LogP contribution in [0.25, 0.3) is 0 Å². The summed E-state index contributed by atoms with van der Waals surface area (Å²) in [7, 11) is -1.60. The van der Waals surface area contributed by atoms with Gasteiger partial charge in [0.05, 0.1) is 6.10 Å². The molecular weight excluding hydrogens is 216 g/mol. The Labute approximate surface area is 101 Å². The maximum atomic E-state index is 9.65. The first-order valence-electron chi connectivity index (χ1n) is 6.23. The minimum absolute atomic E-state index is 0.247. The molecular formula is C13H26O2Si. The zero-order valence-electron chi connectivity index (χ0n) is 11.3. The molecule has 0 fully saturated rings. The van der Waals surface area contributed by atoms with E-state index in [4.69, 9.17) is 4.43 Å². The molecule has 1 aliphatic carbocycles. The molecule has 0 spiro atoms. The summed E-state index contributed by atoms with van der Waals surface area (Å²) in [4.78, 5) is 0. The maximum absolute atomic E-state index is 9.65. The first-order chi connectivity index (χ1) is 7.24. The second kappa shape index (κ2) is 5.03. The minimum atomic E-state index is -1.60. The quantitative estimate of drug-likeness (QED) is 0.605. The number of aliphatic hydroxyl groups is 1. The van der Waals surface area contributed by atoms with Gasteiger partial charge in [0.15, 0.2) is 8.32 Å². The van der Waals surface area contributed by atoms with Gasteiger partial charge in [-0.15, -0.1) is 0 Å². The summed E-state index contributed by atoms with van der Waals surface area (Å²) in [6, 6.07) is 0. The van der Waals surface area contributed by atoms with Crippen molar-refractivity contribution in [2.45, 2.75) is 57.8 Å². The second-order valence-corrected chi connectivity index (χ2v) is 11.1. The largest absolute Gasteiger partial charge is 0.417 e. The fourth-order valence-electron chi connectivity index (χ4n) is 1.66. The van der Waals surface area contributed by atoms with Crippen molar-refractivity contribution in [2.75, 3.05) is 6.61 Å². The van der Waals surface area contributed by atoms with E-state index in [0.717, 1.165) is 19.4 Å². The summed E-state index contributed by atoms with van der Waals surface area (Å²) in [5, 5.41) is 9.92. The van der Waals surface area contributed by atoms with Gasteiger partial charge in [0.1, 0.15) is 0 Å². The van der Waals surface area contributed by atoms with E-state index in [1.807, 2.05) is 6.08 Å². The lowest BCUT2D eigenvalue weighted by Crippen LogP contribution is -2.41. The number of hydrogen-bond acceptors (Lipinski definition) is 2. The lowest BCUT2D eigenvalue weighted by atomic mass is 10.0. The highest BCUT2D eigenvalue weighted by Gasteiger charge is 2.37. The number of allylic oxidation sites excluding steroid dienone is 1. The molecule has 0 aliphatic heterocycles. The summed E-state index contributed by atoms with van der Waals surface area (Å²) in [5.41, 5.74) is 0. The summed E-state index contributed by atoms with van der Waals surface area (Å²) < 4.78 is 6.10. The predicted molar refractivity (Wildman–Crippen MR) is 71.0 cm³/mol. The lowest BCUT2D eigenvalue weighted by molar-refractivity contribution is 0.140. The molecule has 16 heavy (non-hydrogen) atoms. The van der Waals surface area contributed by atoms with E-state index in [1.54, 1.807) is 0 Å². The van der Waals surface area contributed by atoms with Crippen LogP contribution in [-0.4, -0.2) is 26.1 Å². The molecule has 2 nitrogen and oxygen atoms in total. The summed E-state index contributed by atoms with van der Waals surface area (Å²) >= 11 is 0. The maximum Gasteiger partial charge on any atom is 0.191 e. The highest BCUT2D eigenvalue weighted by atomic mass is 28.4. The Kier molecular flexibility index (Phi) is 4.38. The molecule has 3 heteroatoms. The van der Waals surface area contributed by atoms with Gasteiger partial charge in [0.25, 0.3) is 0 Å². The van der Waals surface area contributed by atoms with E-state index in [9.17, 15) is 5.11 Å². The summed E-state index contributed by atoms with van der Waals surface area (Å²) in [5.74, 6) is 0.379. The van der Waals surface area contributed by atoms with Gasteiger partial charge in [-0.25, -0.2) is 0 Å². The van der Waals surface area contributed by atoms with Gasteiger partial charge in [0.2, 0.25) is 0 Å². The molecule has 0 amide bonds. The van der Waals surface area contributed by atoms with Crippen LogP contribution in [0.15, 0.2) is 12.2 Å². The zero-order valence-corrected chi connectivity index (χ0v) is 12.3. The van der Waals surface area contributed by atoms with E-state index in [-0.39, 0.29) is 11.1 Å². The van der Waals surface area contributed by atoms with Gasteiger partial charge in [-0.05, 0) is 36.9 Å². The van der Waals surface area contributed by atoms with E-state index < -0.39 is 8.32 Å². The topological polar surface area (TPSA) is 29.5 Å². The van der Waals surface area contributed by atoms with Crippen molar-refractivity contribution in [3.63, 3.8) is 0 Å². The van der Waals surface area contributed by atoms with Gasteiger partial charge in [-0.1, -0.05) is 32.9 Å². The van der Waals surface area contributed by atoms with Crippen molar-refractivity contribution in [2.24, 2.45) is 5.92 Å². The third-order valence-electron chi connectivity index (χ3n) is 4.01. The van der Waals surface area contributed by atoms with Gasteiger partial charge >= 0.3 is 0 Å². The van der Waals surface area contributed by atoms with E-state index in [0.29, 0.717) is 5.92 Å². The minimum Gasteiger partial charge on any atom is -0.417 e. The van der Waals surface area contributed by atoms with Crippen molar-refractivity contribution in [3.8, 4) is 0 Å². The van der Waals surface area contributed by atoms with Gasteiger partial charge < -0.3 is 9.53 Å². The van der Waals surface area contributed by atoms with Crippen molar-refractivity contribution < 1.29 is 9.53 Å². The van der Waals surface area contributed by atoms with Crippen molar-refractivity contribution in [3.05, 3.63) is 12.2 Å². The highest BCUT2D eigenvalue weighted by Crippen LogP contribution is 2.37. The fraction of sp³-hybridized carbons (Fsp3) is 0.846. The standard InChI is InChI=1S/C13H26O2Si/c1-13(2,3)16(4,5)15-10-9-11-7-6-8-12(11)14/h6,8,11-12,14H,7,9-10H2,1-5H3/t11-,12-/m1/s1. The Bertz CT molecular complexity index is 253. The average Bonchev–Trinajstić information content (AvgIpc) is 2.49. The smallest absolute Gasteiger partial charge is 0.191 e. The second-order valence-electron chi connectivity index (χ2n) is 6.31. The van der Waals surface area contributed by atoms with Crippen LogP contribution in [0.4, 0.5) is 0 Å². The van der Waals surface area contributed by atoms with Crippen LogP contribution in [0.1, 0.15) is 33.6 Å². The molecule has 0 unspecified atom stereocenters. The lowest BCUT2D eigenvalue weighted by Gasteiger charge is -2.36. The van der Waals surface area contributed by atoms with Crippen LogP contribution < -0.4 is 0 Å². The SMILES string of the molecule is CC(C)(C)[Si](C)(C)OCC[C@H]1CC=C[C@H]1O. The predicted octanol–water partition coefficient (Wildman–Crippen LogP) is 3.34. The monoisotopic (exact) mass is 242 g/mol. The number of aliphatic hydroxyl groups excluding tert-OH is 1. The molecule has 1 rings (SSSR count). The molecule has 2 atom stereocenters. The van der Waals surface area contributed by atoms with Crippen LogP contribution in [-0.2, 0) is 4.43 Å². The normalized spacial score (nSPS) is 26.4. The van der Waals surface area contributed by atoms with Crippen molar-refractivity contribution in [1.29, 1.82) is 0 Å². The molecule has 0 radical (unpaired) electrons. The molecule has 0 bridgehead atoms. The third-order valence-corrected chi connectivity index (χ3v) is 8.55. The third kappa shape index (κ3) is 3.44. The van der Waals surface area contributed by atoms with Gasteiger partial charge in [-0.2, -0.15) is 0 Å². The van der Waals surface area contributed by atoms with E-state index in [2.05, 4.69) is 39.9 Å². The molecule has 1 N–H and O–H groups in total. The Hall–Kier alpha value is -0.123. The van der Waals surface area contributed by atoms with E-state index in [1.165, 1.54) is 0 Å². The van der Waals surface area contributed by atoms with Crippen LogP contribution >= 0.6 is 0 Å². The molecule has 0 aromatic rings. The summed E-state index contributed by atoms with van der Waals surface area (Å²) in [6.07, 6.45) is 5.70. The molecule has 94 valence electrons. The van der Waals surface area contributed by atoms with Crippen LogP contribution in [0, 0.1) is 5.92 Å². The van der Waals surface area contributed by atoms with Crippen molar-refractivity contribution in [1.82, 2.24) is 0 Å². The number of rotatable bonds is 4. The molecule has 0 heterocycles. The Morgan fingerprint density at radius 3 is 2.44 bits per heavy atom. The van der Waals surface area contributed by atoms with Crippen LogP contribution in [0.5, 0.6) is 0 Å².